The maximum atomic E-state index is 2.44. The number of benzene rings is 5. The number of rotatable bonds is 5. The van der Waals surface area contributed by atoms with E-state index in [1.807, 2.05) is 0 Å². The van der Waals surface area contributed by atoms with Crippen molar-refractivity contribution in [2.24, 2.45) is 0 Å². The van der Waals surface area contributed by atoms with Gasteiger partial charge in [-0.15, -0.1) is 0 Å². The molecule has 2 nitrogen and oxygen atoms in total. The van der Waals surface area contributed by atoms with Crippen molar-refractivity contribution in [3.63, 3.8) is 0 Å². The molecule has 254 valence electrons. The van der Waals surface area contributed by atoms with E-state index in [9.17, 15) is 0 Å². The van der Waals surface area contributed by atoms with Crippen molar-refractivity contribution in [1.82, 2.24) is 9.13 Å². The van der Waals surface area contributed by atoms with E-state index in [4.69, 9.17) is 0 Å². The molecule has 0 radical (unpaired) electrons. The molecule has 0 unspecified atom stereocenters. The Kier molecular flexibility index (Phi) is 8.02. The second-order valence-electron chi connectivity index (χ2n) is 16.3. The first kappa shape index (κ1) is 32.8. The Balaban J connectivity index is 1.25. The van der Waals surface area contributed by atoms with Crippen molar-refractivity contribution >= 4 is 27.4 Å². The van der Waals surface area contributed by atoms with E-state index in [0.29, 0.717) is 0 Å². The summed E-state index contributed by atoms with van der Waals surface area (Å²) in [5.41, 5.74) is 16.4. The number of aryl methyl sites for hydroxylation is 1. The van der Waals surface area contributed by atoms with Gasteiger partial charge in [-0.1, -0.05) is 120 Å². The molecule has 0 N–H and O–H groups in total. The summed E-state index contributed by atoms with van der Waals surface area (Å²) in [5, 5.41) is 2.63. The Hall–Kier alpha value is -5.34. The van der Waals surface area contributed by atoms with Gasteiger partial charge in [-0.05, 0) is 130 Å². The van der Waals surface area contributed by atoms with Crippen molar-refractivity contribution in [3.05, 3.63) is 162 Å². The molecule has 1 aliphatic rings. The second-order valence-corrected chi connectivity index (χ2v) is 16.3. The molecule has 5 aromatic carbocycles. The van der Waals surface area contributed by atoms with Gasteiger partial charge in [0.1, 0.15) is 0 Å². The second kappa shape index (κ2) is 12.5. The molecule has 2 heterocycles. The number of aromatic nitrogens is 2. The summed E-state index contributed by atoms with van der Waals surface area (Å²) in [5.74, 6) is 0. The van der Waals surface area contributed by atoms with Crippen LogP contribution in [0.3, 0.4) is 0 Å². The minimum Gasteiger partial charge on any atom is -0.309 e. The van der Waals surface area contributed by atoms with Crippen molar-refractivity contribution < 1.29 is 0 Å². The average Bonchev–Trinajstić information content (AvgIpc) is 3.72. The highest BCUT2D eigenvalue weighted by Gasteiger charge is 2.21. The van der Waals surface area contributed by atoms with Gasteiger partial charge in [-0.3, -0.25) is 0 Å². The number of nitrogens with zero attached hydrogens (tertiary/aromatic N) is 2. The number of hydrogen-bond donors (Lipinski definition) is 0. The fourth-order valence-electron chi connectivity index (χ4n) is 7.66. The maximum absolute atomic E-state index is 2.44. The molecule has 0 saturated carbocycles. The van der Waals surface area contributed by atoms with Gasteiger partial charge in [0.15, 0.2) is 0 Å². The highest BCUT2D eigenvalue weighted by molar-refractivity contribution is 6.10. The maximum Gasteiger partial charge on any atom is 0.0541 e. The monoisotopic (exact) mass is 664 g/mol. The third kappa shape index (κ3) is 5.97. The van der Waals surface area contributed by atoms with Crippen LogP contribution in [0.5, 0.6) is 0 Å². The fourth-order valence-corrected chi connectivity index (χ4v) is 7.66. The van der Waals surface area contributed by atoms with Gasteiger partial charge in [0, 0.05) is 22.1 Å². The quantitative estimate of drug-likeness (QED) is 0.173. The van der Waals surface area contributed by atoms with Crippen LogP contribution in [0, 0.1) is 6.92 Å². The molecule has 0 fully saturated rings. The van der Waals surface area contributed by atoms with Crippen LogP contribution >= 0.6 is 0 Å². The summed E-state index contributed by atoms with van der Waals surface area (Å²) < 4.78 is 4.88. The van der Waals surface area contributed by atoms with Gasteiger partial charge in [0.2, 0.25) is 0 Å². The molecule has 0 spiro atoms. The molecule has 0 bridgehead atoms. The van der Waals surface area contributed by atoms with Gasteiger partial charge in [-0.2, -0.15) is 0 Å². The molecule has 0 aliphatic heterocycles. The lowest BCUT2D eigenvalue weighted by Gasteiger charge is -2.19. The van der Waals surface area contributed by atoms with Gasteiger partial charge >= 0.3 is 0 Å². The first-order valence-corrected chi connectivity index (χ1v) is 18.4. The smallest absolute Gasteiger partial charge is 0.0541 e. The summed E-state index contributed by atoms with van der Waals surface area (Å²) in [6, 6.07) is 45.5. The number of hydrogen-bond acceptors (Lipinski definition) is 0. The van der Waals surface area contributed by atoms with E-state index in [1.54, 1.807) is 0 Å². The van der Waals surface area contributed by atoms with Crippen LogP contribution in [0.15, 0.2) is 140 Å². The summed E-state index contributed by atoms with van der Waals surface area (Å²) in [4.78, 5) is 0. The molecule has 8 rings (SSSR count). The van der Waals surface area contributed by atoms with Crippen LogP contribution in [0.2, 0.25) is 0 Å². The van der Waals surface area contributed by atoms with E-state index in [2.05, 4.69) is 197 Å². The van der Waals surface area contributed by atoms with Gasteiger partial charge < -0.3 is 9.13 Å². The number of allylic oxidation sites excluding steroid dienone is 4. The van der Waals surface area contributed by atoms with Gasteiger partial charge in [0.05, 0.1) is 22.4 Å². The van der Waals surface area contributed by atoms with Crippen molar-refractivity contribution in [3.8, 4) is 33.8 Å². The van der Waals surface area contributed by atoms with E-state index in [0.717, 1.165) is 12.8 Å². The molecule has 2 heteroatoms. The zero-order valence-corrected chi connectivity index (χ0v) is 31.1. The Morgan fingerprint density at radius 2 is 1.12 bits per heavy atom. The first-order valence-electron chi connectivity index (χ1n) is 18.4. The topological polar surface area (TPSA) is 9.86 Å². The first-order chi connectivity index (χ1) is 24.5. The largest absolute Gasteiger partial charge is 0.309 e. The van der Waals surface area contributed by atoms with Gasteiger partial charge in [0.25, 0.3) is 0 Å². The standard InChI is InChI=1S/C49H48N2/c1-33-18-23-40(51-44(35-14-10-8-11-15-35)28-29-45(51)36-16-12-9-13-17-36)32-41(33)34-19-24-39(25-20-34)50-46-26-21-37(48(2,3)4)30-42(46)43-31-38(49(5,6)7)22-27-47(43)50/h8,10-12,14-32H,9,13H2,1-7H3. The minimum atomic E-state index is 0.0750. The minimum absolute atomic E-state index is 0.0750. The molecular weight excluding hydrogens is 617 g/mol. The molecular formula is C49H48N2. The Bertz CT molecular complexity index is 2390. The van der Waals surface area contributed by atoms with Gasteiger partial charge in [-0.25, -0.2) is 0 Å². The zero-order valence-electron chi connectivity index (χ0n) is 31.1. The Labute approximate surface area is 303 Å². The lowest BCUT2D eigenvalue weighted by Crippen LogP contribution is -2.10. The predicted octanol–water partition coefficient (Wildman–Crippen LogP) is 13.5. The van der Waals surface area contributed by atoms with Crippen LogP contribution in [0.1, 0.15) is 76.8 Å². The van der Waals surface area contributed by atoms with E-state index >= 15 is 0 Å². The summed E-state index contributed by atoms with van der Waals surface area (Å²) in [6.45, 7) is 16.0. The normalized spacial score (nSPS) is 13.7. The lowest BCUT2D eigenvalue weighted by molar-refractivity contribution is 0.590. The van der Waals surface area contributed by atoms with E-state index in [-0.39, 0.29) is 10.8 Å². The van der Waals surface area contributed by atoms with Crippen LogP contribution in [-0.2, 0) is 10.8 Å². The predicted molar refractivity (Wildman–Crippen MR) is 219 cm³/mol. The van der Waals surface area contributed by atoms with Crippen LogP contribution in [-0.4, -0.2) is 9.13 Å². The summed E-state index contributed by atoms with van der Waals surface area (Å²) in [7, 11) is 0. The van der Waals surface area contributed by atoms with Crippen molar-refractivity contribution in [2.75, 3.05) is 0 Å². The lowest BCUT2D eigenvalue weighted by atomic mass is 9.85. The third-order valence-electron chi connectivity index (χ3n) is 10.7. The zero-order chi connectivity index (χ0) is 35.5. The molecule has 0 atom stereocenters. The molecule has 51 heavy (non-hydrogen) atoms. The third-order valence-corrected chi connectivity index (χ3v) is 10.7. The van der Waals surface area contributed by atoms with E-state index < -0.39 is 0 Å². The van der Waals surface area contributed by atoms with Crippen LogP contribution in [0.25, 0.3) is 61.1 Å². The average molecular weight is 665 g/mol. The summed E-state index contributed by atoms with van der Waals surface area (Å²) in [6.07, 6.45) is 9.12. The highest BCUT2D eigenvalue weighted by Crippen LogP contribution is 2.39. The van der Waals surface area contributed by atoms with Crippen molar-refractivity contribution in [2.45, 2.75) is 72.1 Å². The molecule has 2 aromatic heterocycles. The van der Waals surface area contributed by atoms with Crippen LogP contribution in [0.4, 0.5) is 0 Å². The fraction of sp³-hybridized carbons (Fsp3) is 0.224. The Morgan fingerprint density at radius 1 is 0.510 bits per heavy atom. The van der Waals surface area contributed by atoms with E-state index in [1.165, 1.54) is 83.5 Å². The SMILES string of the molecule is Cc1ccc(-n2c(C3=CCCC=C3)ccc2-c2ccccc2)cc1-c1ccc(-n2c3ccc(C(C)(C)C)cc3c3cc(C(C)(C)C)ccc32)cc1. The number of fused-ring (bicyclic) bond motifs is 3. The molecule has 7 aromatic rings. The van der Waals surface area contributed by atoms with Crippen molar-refractivity contribution in [1.29, 1.82) is 0 Å². The molecule has 0 saturated heterocycles. The van der Waals surface area contributed by atoms with Crippen LogP contribution < -0.4 is 0 Å². The summed E-state index contributed by atoms with van der Waals surface area (Å²) >= 11 is 0. The molecule has 1 aliphatic carbocycles. The molecule has 0 amide bonds. The highest BCUT2D eigenvalue weighted by atomic mass is 15.0. The Morgan fingerprint density at radius 3 is 1.71 bits per heavy atom.